The lowest BCUT2D eigenvalue weighted by Crippen LogP contribution is -2.35. The second-order valence-corrected chi connectivity index (χ2v) is 4.51. The van der Waals surface area contributed by atoms with E-state index in [0.717, 1.165) is 25.9 Å². The van der Waals surface area contributed by atoms with E-state index in [1.807, 2.05) is 4.90 Å². The van der Waals surface area contributed by atoms with Crippen LogP contribution in [0.5, 0.6) is 5.75 Å². The van der Waals surface area contributed by atoms with Crippen molar-refractivity contribution >= 4 is 5.91 Å². The monoisotopic (exact) mass is 251 g/mol. The summed E-state index contributed by atoms with van der Waals surface area (Å²) in [4.78, 5) is 13.7. The molecule has 1 heterocycles. The summed E-state index contributed by atoms with van der Waals surface area (Å²) in [6.45, 7) is 1.50. The summed E-state index contributed by atoms with van der Waals surface area (Å²) in [5.74, 6) is -0.345. The fourth-order valence-corrected chi connectivity index (χ4v) is 2.11. The van der Waals surface area contributed by atoms with Gasteiger partial charge in [0.1, 0.15) is 0 Å². The number of rotatable bonds is 3. The van der Waals surface area contributed by atoms with Crippen molar-refractivity contribution in [2.24, 2.45) is 0 Å². The molecule has 1 fully saturated rings. The summed E-state index contributed by atoms with van der Waals surface area (Å²) in [7, 11) is 0. The minimum Gasteiger partial charge on any atom is -0.481 e. The Morgan fingerprint density at radius 2 is 1.83 bits per heavy atom. The summed E-state index contributed by atoms with van der Waals surface area (Å²) < 4.78 is 18.5. The van der Waals surface area contributed by atoms with E-state index < -0.39 is 5.82 Å². The molecule has 1 saturated heterocycles. The molecule has 98 valence electrons. The first kappa shape index (κ1) is 12.9. The number of hydrogen-bond acceptors (Lipinski definition) is 2. The van der Waals surface area contributed by atoms with Gasteiger partial charge in [-0.15, -0.1) is 0 Å². The number of halogens is 1. The standard InChI is InChI=1S/C14H18FNO2/c15-12-7-3-4-8-13(12)18-11-14(17)16-9-5-1-2-6-10-16/h3-4,7-8H,1-2,5-6,9-11H2. The Morgan fingerprint density at radius 1 is 1.17 bits per heavy atom. The summed E-state index contributed by atoms with van der Waals surface area (Å²) >= 11 is 0. The van der Waals surface area contributed by atoms with Crippen molar-refractivity contribution in [1.29, 1.82) is 0 Å². The van der Waals surface area contributed by atoms with Crippen LogP contribution in [0.2, 0.25) is 0 Å². The molecule has 0 radical (unpaired) electrons. The first-order chi connectivity index (χ1) is 8.77. The normalized spacial score (nSPS) is 16.2. The number of para-hydroxylation sites is 1. The smallest absolute Gasteiger partial charge is 0.260 e. The molecule has 1 amide bonds. The predicted molar refractivity (Wildman–Crippen MR) is 66.9 cm³/mol. The number of benzene rings is 1. The molecule has 0 saturated carbocycles. The van der Waals surface area contributed by atoms with Gasteiger partial charge in [0.2, 0.25) is 0 Å². The van der Waals surface area contributed by atoms with E-state index in [2.05, 4.69) is 0 Å². The molecular formula is C14H18FNO2. The van der Waals surface area contributed by atoms with E-state index in [9.17, 15) is 9.18 Å². The third-order valence-electron chi connectivity index (χ3n) is 3.15. The molecule has 0 spiro atoms. The summed E-state index contributed by atoms with van der Waals surface area (Å²) in [5, 5.41) is 0. The lowest BCUT2D eigenvalue weighted by molar-refractivity contribution is -0.133. The van der Waals surface area contributed by atoms with Crippen LogP contribution >= 0.6 is 0 Å². The lowest BCUT2D eigenvalue weighted by Gasteiger charge is -2.20. The van der Waals surface area contributed by atoms with Gasteiger partial charge in [0.05, 0.1) is 0 Å². The lowest BCUT2D eigenvalue weighted by atomic mass is 10.2. The van der Waals surface area contributed by atoms with Crippen molar-refractivity contribution in [3.8, 4) is 5.75 Å². The molecule has 18 heavy (non-hydrogen) atoms. The Labute approximate surface area is 107 Å². The van der Waals surface area contributed by atoms with Gasteiger partial charge >= 0.3 is 0 Å². The molecule has 0 aromatic heterocycles. The Balaban J connectivity index is 1.86. The molecule has 0 aliphatic carbocycles. The number of nitrogens with zero attached hydrogens (tertiary/aromatic N) is 1. The second kappa shape index (κ2) is 6.38. The van der Waals surface area contributed by atoms with Crippen LogP contribution < -0.4 is 4.74 Å². The molecule has 0 N–H and O–H groups in total. The topological polar surface area (TPSA) is 29.5 Å². The van der Waals surface area contributed by atoms with E-state index in [0.29, 0.717) is 0 Å². The average molecular weight is 251 g/mol. The molecule has 1 aromatic rings. The van der Waals surface area contributed by atoms with Crippen molar-refractivity contribution in [2.45, 2.75) is 25.7 Å². The molecule has 0 atom stereocenters. The zero-order valence-electron chi connectivity index (χ0n) is 10.4. The molecule has 1 aliphatic rings. The van der Waals surface area contributed by atoms with Crippen molar-refractivity contribution in [3.63, 3.8) is 0 Å². The number of amides is 1. The van der Waals surface area contributed by atoms with Gasteiger partial charge in [-0.2, -0.15) is 0 Å². The van der Waals surface area contributed by atoms with Gasteiger partial charge in [-0.3, -0.25) is 4.79 Å². The van der Waals surface area contributed by atoms with Crippen LogP contribution in [0.25, 0.3) is 0 Å². The van der Waals surface area contributed by atoms with E-state index in [-0.39, 0.29) is 18.3 Å². The van der Waals surface area contributed by atoms with Crippen molar-refractivity contribution < 1.29 is 13.9 Å². The minimum atomic E-state index is -0.429. The third kappa shape index (κ3) is 3.45. The van der Waals surface area contributed by atoms with Gasteiger partial charge in [0.25, 0.3) is 5.91 Å². The largest absolute Gasteiger partial charge is 0.481 e. The van der Waals surface area contributed by atoms with E-state index in [1.165, 1.54) is 25.0 Å². The zero-order chi connectivity index (χ0) is 12.8. The number of carbonyl (C=O) groups excluding carboxylic acids is 1. The van der Waals surface area contributed by atoms with Crippen molar-refractivity contribution in [2.75, 3.05) is 19.7 Å². The number of likely N-dealkylation sites (tertiary alicyclic amines) is 1. The van der Waals surface area contributed by atoms with E-state index >= 15 is 0 Å². The fraction of sp³-hybridized carbons (Fsp3) is 0.500. The minimum absolute atomic E-state index is 0.0554. The van der Waals surface area contributed by atoms with Gasteiger partial charge in [0.15, 0.2) is 18.2 Å². The molecule has 0 bridgehead atoms. The van der Waals surface area contributed by atoms with Gasteiger partial charge in [-0.1, -0.05) is 25.0 Å². The molecular weight excluding hydrogens is 233 g/mol. The van der Waals surface area contributed by atoms with Crippen LogP contribution in [0.3, 0.4) is 0 Å². The summed E-state index contributed by atoms with van der Waals surface area (Å²) in [6.07, 6.45) is 4.45. The number of hydrogen-bond donors (Lipinski definition) is 0. The molecule has 0 unspecified atom stereocenters. The highest BCUT2D eigenvalue weighted by molar-refractivity contribution is 5.77. The summed E-state index contributed by atoms with van der Waals surface area (Å²) in [5.41, 5.74) is 0. The van der Waals surface area contributed by atoms with E-state index in [4.69, 9.17) is 4.74 Å². The average Bonchev–Trinajstić information content (AvgIpc) is 2.66. The molecule has 1 aromatic carbocycles. The predicted octanol–water partition coefficient (Wildman–Crippen LogP) is 2.61. The maximum atomic E-state index is 13.3. The van der Waals surface area contributed by atoms with Crippen molar-refractivity contribution in [3.05, 3.63) is 30.1 Å². The third-order valence-corrected chi connectivity index (χ3v) is 3.15. The van der Waals surface area contributed by atoms with E-state index in [1.54, 1.807) is 12.1 Å². The maximum absolute atomic E-state index is 13.3. The molecule has 1 aliphatic heterocycles. The van der Waals surface area contributed by atoms with Crippen molar-refractivity contribution in [1.82, 2.24) is 4.90 Å². The van der Waals surface area contributed by atoms with Gasteiger partial charge in [-0.25, -0.2) is 4.39 Å². The molecule has 4 heteroatoms. The maximum Gasteiger partial charge on any atom is 0.260 e. The Hall–Kier alpha value is -1.58. The van der Waals surface area contributed by atoms with Crippen LogP contribution in [-0.4, -0.2) is 30.5 Å². The fourth-order valence-electron chi connectivity index (χ4n) is 2.11. The van der Waals surface area contributed by atoms with Crippen LogP contribution in [0, 0.1) is 5.82 Å². The zero-order valence-corrected chi connectivity index (χ0v) is 10.4. The van der Waals surface area contributed by atoms with Gasteiger partial charge < -0.3 is 9.64 Å². The second-order valence-electron chi connectivity index (χ2n) is 4.51. The highest BCUT2D eigenvalue weighted by Crippen LogP contribution is 2.16. The molecule has 3 nitrogen and oxygen atoms in total. The first-order valence-corrected chi connectivity index (χ1v) is 6.42. The van der Waals surface area contributed by atoms with Crippen LogP contribution in [0.15, 0.2) is 24.3 Å². The SMILES string of the molecule is O=C(COc1ccccc1F)N1CCCCCC1. The highest BCUT2D eigenvalue weighted by Gasteiger charge is 2.16. The van der Waals surface area contributed by atoms with Crippen LogP contribution in [-0.2, 0) is 4.79 Å². The van der Waals surface area contributed by atoms with Gasteiger partial charge in [0, 0.05) is 13.1 Å². The van der Waals surface area contributed by atoms with Gasteiger partial charge in [-0.05, 0) is 25.0 Å². The number of ether oxygens (including phenoxy) is 1. The Bertz CT molecular complexity index is 401. The summed E-state index contributed by atoms with van der Waals surface area (Å²) in [6, 6.07) is 6.14. The quantitative estimate of drug-likeness (QED) is 0.826. The first-order valence-electron chi connectivity index (χ1n) is 6.42. The Kier molecular flexibility index (Phi) is 4.56. The molecule has 2 rings (SSSR count). The highest BCUT2D eigenvalue weighted by atomic mass is 19.1. The Morgan fingerprint density at radius 3 is 2.50 bits per heavy atom. The van der Waals surface area contributed by atoms with Crippen LogP contribution in [0.4, 0.5) is 4.39 Å². The number of carbonyl (C=O) groups is 1. The van der Waals surface area contributed by atoms with Crippen LogP contribution in [0.1, 0.15) is 25.7 Å².